The molecule has 0 aromatic heterocycles. The van der Waals surface area contributed by atoms with Crippen molar-refractivity contribution in [3.05, 3.63) is 64.7 Å². The number of anilines is 1. The minimum absolute atomic E-state index is 0.0178. The number of nitrogens with one attached hydrogen (secondary N) is 1. The molecule has 136 valence electrons. The average Bonchev–Trinajstić information content (AvgIpc) is 2.66. The summed E-state index contributed by atoms with van der Waals surface area (Å²) in [6.45, 7) is 4.71. The van der Waals surface area contributed by atoms with Crippen molar-refractivity contribution in [3.8, 4) is 0 Å². The molecule has 6 heteroatoms. The smallest absolute Gasteiger partial charge is 0.251 e. The predicted octanol–water partition coefficient (Wildman–Crippen LogP) is 2.73. The maximum atomic E-state index is 12.4. The molecule has 0 radical (unpaired) electrons. The first kappa shape index (κ1) is 18.3. The molecule has 1 aliphatic heterocycles. The molecular formula is C20H22ClN3O2. The molecule has 26 heavy (non-hydrogen) atoms. The van der Waals surface area contributed by atoms with Gasteiger partial charge >= 0.3 is 0 Å². The maximum absolute atomic E-state index is 12.4. The molecule has 0 atom stereocenters. The molecule has 2 aromatic rings. The Morgan fingerprint density at radius 2 is 1.77 bits per heavy atom. The van der Waals surface area contributed by atoms with Crippen LogP contribution in [-0.4, -0.2) is 49.4 Å². The summed E-state index contributed by atoms with van der Waals surface area (Å²) in [6, 6.07) is 15.0. The van der Waals surface area contributed by atoms with E-state index in [2.05, 4.69) is 10.2 Å². The average molecular weight is 372 g/mol. The van der Waals surface area contributed by atoms with E-state index in [9.17, 15) is 9.59 Å². The van der Waals surface area contributed by atoms with E-state index in [0.717, 1.165) is 24.3 Å². The van der Waals surface area contributed by atoms with E-state index in [0.29, 0.717) is 23.7 Å². The number of benzene rings is 2. The molecular weight excluding hydrogens is 350 g/mol. The van der Waals surface area contributed by atoms with E-state index >= 15 is 0 Å². The van der Waals surface area contributed by atoms with E-state index in [-0.39, 0.29) is 18.4 Å². The van der Waals surface area contributed by atoms with Crippen molar-refractivity contribution in [2.45, 2.75) is 6.92 Å². The second-order valence-corrected chi connectivity index (χ2v) is 6.84. The summed E-state index contributed by atoms with van der Waals surface area (Å²) >= 11 is 6.04. The summed E-state index contributed by atoms with van der Waals surface area (Å²) in [5.41, 5.74) is 2.65. The number of piperazine rings is 1. The number of aryl methyl sites for hydroxylation is 1. The summed E-state index contributed by atoms with van der Waals surface area (Å²) < 4.78 is 0. The largest absolute Gasteiger partial charge is 0.368 e. The molecule has 5 nitrogen and oxygen atoms in total. The molecule has 0 spiro atoms. The van der Waals surface area contributed by atoms with Gasteiger partial charge < -0.3 is 15.1 Å². The number of hydrogen-bond donors (Lipinski definition) is 1. The highest BCUT2D eigenvalue weighted by atomic mass is 35.5. The monoisotopic (exact) mass is 371 g/mol. The number of carbonyl (C=O) groups is 2. The van der Waals surface area contributed by atoms with Gasteiger partial charge in [0.25, 0.3) is 5.91 Å². The third-order valence-corrected chi connectivity index (χ3v) is 4.72. The van der Waals surface area contributed by atoms with Gasteiger partial charge in [0.1, 0.15) is 0 Å². The fraction of sp³-hybridized carbons (Fsp3) is 0.300. The first-order valence-corrected chi connectivity index (χ1v) is 9.04. The van der Waals surface area contributed by atoms with Gasteiger partial charge in [-0.15, -0.1) is 0 Å². The van der Waals surface area contributed by atoms with Gasteiger partial charge in [-0.1, -0.05) is 35.4 Å². The van der Waals surface area contributed by atoms with Crippen molar-refractivity contribution >= 4 is 29.1 Å². The zero-order valence-corrected chi connectivity index (χ0v) is 15.5. The molecule has 1 fully saturated rings. The third-order valence-electron chi connectivity index (χ3n) is 4.49. The Morgan fingerprint density at radius 3 is 2.46 bits per heavy atom. The van der Waals surface area contributed by atoms with E-state index in [4.69, 9.17) is 11.6 Å². The summed E-state index contributed by atoms with van der Waals surface area (Å²) in [5.74, 6) is -0.281. The molecule has 0 aliphatic carbocycles. The minimum Gasteiger partial charge on any atom is -0.368 e. The Labute approximate surface area is 158 Å². The van der Waals surface area contributed by atoms with Crippen LogP contribution in [0.4, 0.5) is 5.69 Å². The molecule has 0 unspecified atom stereocenters. The van der Waals surface area contributed by atoms with Crippen molar-refractivity contribution in [3.63, 3.8) is 0 Å². The van der Waals surface area contributed by atoms with Gasteiger partial charge in [-0.05, 0) is 37.3 Å². The number of amides is 2. The van der Waals surface area contributed by atoms with Crippen LogP contribution in [0, 0.1) is 6.92 Å². The zero-order valence-electron chi connectivity index (χ0n) is 14.7. The normalized spacial score (nSPS) is 14.2. The number of halogens is 1. The lowest BCUT2D eigenvalue weighted by Gasteiger charge is -2.36. The summed E-state index contributed by atoms with van der Waals surface area (Å²) in [4.78, 5) is 28.5. The van der Waals surface area contributed by atoms with Crippen LogP contribution in [0.5, 0.6) is 0 Å². The molecule has 0 saturated carbocycles. The zero-order chi connectivity index (χ0) is 18.5. The minimum atomic E-state index is -0.223. The molecule has 0 bridgehead atoms. The van der Waals surface area contributed by atoms with Crippen molar-refractivity contribution < 1.29 is 9.59 Å². The van der Waals surface area contributed by atoms with Gasteiger partial charge in [-0.3, -0.25) is 9.59 Å². The topological polar surface area (TPSA) is 52.7 Å². The SMILES string of the molecule is Cc1cccc(C(=O)NCC(=O)N2CCN(c3cccc(Cl)c3)CC2)c1. The first-order chi connectivity index (χ1) is 12.5. The lowest BCUT2D eigenvalue weighted by molar-refractivity contribution is -0.130. The van der Waals surface area contributed by atoms with Crippen LogP contribution in [0.2, 0.25) is 5.02 Å². The fourth-order valence-electron chi connectivity index (χ4n) is 3.04. The van der Waals surface area contributed by atoms with Crippen LogP contribution >= 0.6 is 11.6 Å². The Balaban J connectivity index is 1.48. The van der Waals surface area contributed by atoms with Gasteiger partial charge in [-0.25, -0.2) is 0 Å². The molecule has 1 saturated heterocycles. The summed E-state index contributed by atoms with van der Waals surface area (Å²) in [7, 11) is 0. The van der Waals surface area contributed by atoms with Crippen LogP contribution in [0.3, 0.4) is 0 Å². The van der Waals surface area contributed by atoms with Crippen LogP contribution in [0.15, 0.2) is 48.5 Å². The van der Waals surface area contributed by atoms with Gasteiger partial charge in [0.05, 0.1) is 6.54 Å². The Morgan fingerprint density at radius 1 is 1.04 bits per heavy atom. The van der Waals surface area contributed by atoms with E-state index in [1.54, 1.807) is 11.0 Å². The van der Waals surface area contributed by atoms with Crippen molar-refractivity contribution in [1.29, 1.82) is 0 Å². The second-order valence-electron chi connectivity index (χ2n) is 6.40. The van der Waals surface area contributed by atoms with Gasteiger partial charge in [0.15, 0.2) is 0 Å². The Kier molecular flexibility index (Phi) is 5.78. The standard InChI is InChI=1S/C20H22ClN3O2/c1-15-4-2-5-16(12-15)20(26)22-14-19(25)24-10-8-23(9-11-24)18-7-3-6-17(21)13-18/h2-7,12-13H,8-11,14H2,1H3,(H,22,26). The van der Waals surface area contributed by atoms with Crippen molar-refractivity contribution in [1.82, 2.24) is 10.2 Å². The van der Waals surface area contributed by atoms with E-state index in [1.165, 1.54) is 0 Å². The van der Waals surface area contributed by atoms with Gasteiger partial charge in [0.2, 0.25) is 5.91 Å². The third kappa shape index (κ3) is 4.55. The highest BCUT2D eigenvalue weighted by Gasteiger charge is 2.21. The van der Waals surface area contributed by atoms with Crippen LogP contribution in [0.25, 0.3) is 0 Å². The van der Waals surface area contributed by atoms with Crippen LogP contribution in [0.1, 0.15) is 15.9 Å². The number of hydrogen-bond acceptors (Lipinski definition) is 3. The summed E-state index contributed by atoms with van der Waals surface area (Å²) in [6.07, 6.45) is 0. The predicted molar refractivity (Wildman–Crippen MR) is 104 cm³/mol. The van der Waals surface area contributed by atoms with Gasteiger partial charge in [0, 0.05) is 42.5 Å². The maximum Gasteiger partial charge on any atom is 0.251 e. The molecule has 2 amide bonds. The molecule has 1 N–H and O–H groups in total. The Hall–Kier alpha value is -2.53. The van der Waals surface area contributed by atoms with E-state index < -0.39 is 0 Å². The lowest BCUT2D eigenvalue weighted by atomic mass is 10.1. The fourth-order valence-corrected chi connectivity index (χ4v) is 3.23. The summed E-state index contributed by atoms with van der Waals surface area (Å²) in [5, 5.41) is 3.42. The lowest BCUT2D eigenvalue weighted by Crippen LogP contribution is -2.51. The van der Waals surface area contributed by atoms with Crippen molar-refractivity contribution in [2.24, 2.45) is 0 Å². The first-order valence-electron chi connectivity index (χ1n) is 8.66. The van der Waals surface area contributed by atoms with Gasteiger partial charge in [-0.2, -0.15) is 0 Å². The van der Waals surface area contributed by atoms with Crippen molar-refractivity contribution in [2.75, 3.05) is 37.6 Å². The van der Waals surface area contributed by atoms with E-state index in [1.807, 2.05) is 49.4 Å². The number of carbonyl (C=O) groups excluding carboxylic acids is 2. The molecule has 3 rings (SSSR count). The quantitative estimate of drug-likeness (QED) is 0.899. The Bertz CT molecular complexity index is 801. The second kappa shape index (κ2) is 8.23. The number of rotatable bonds is 4. The molecule has 2 aromatic carbocycles. The molecule has 1 aliphatic rings. The van der Waals surface area contributed by atoms with Crippen LogP contribution in [-0.2, 0) is 4.79 Å². The van der Waals surface area contributed by atoms with Crippen LogP contribution < -0.4 is 10.2 Å². The highest BCUT2D eigenvalue weighted by molar-refractivity contribution is 6.30. The highest BCUT2D eigenvalue weighted by Crippen LogP contribution is 2.20. The molecule has 1 heterocycles. The number of nitrogens with zero attached hydrogens (tertiary/aromatic N) is 2.